The van der Waals surface area contributed by atoms with Gasteiger partial charge < -0.3 is 16.2 Å². The van der Waals surface area contributed by atoms with Crippen molar-refractivity contribution in [2.45, 2.75) is 18.7 Å². The van der Waals surface area contributed by atoms with Gasteiger partial charge in [-0.3, -0.25) is 4.79 Å². The van der Waals surface area contributed by atoms with Gasteiger partial charge in [-0.2, -0.15) is 4.99 Å². The zero-order valence-corrected chi connectivity index (χ0v) is 13.0. The van der Waals surface area contributed by atoms with Gasteiger partial charge in [0.1, 0.15) is 5.75 Å². The van der Waals surface area contributed by atoms with Crippen LogP contribution in [0.5, 0.6) is 5.75 Å². The van der Waals surface area contributed by atoms with E-state index in [9.17, 15) is 18.0 Å². The van der Waals surface area contributed by atoms with Gasteiger partial charge in [-0.05, 0) is 29.7 Å². The quantitative estimate of drug-likeness (QED) is 0.640. The normalized spacial score (nSPS) is 12.3. The number of rotatable bonds is 5. The summed E-state index contributed by atoms with van der Waals surface area (Å²) < 4.78 is 41.1. The Morgan fingerprint density at radius 2 is 1.76 bits per heavy atom. The van der Waals surface area contributed by atoms with E-state index in [1.165, 1.54) is 12.1 Å². The molecular formula is C17H16F3N3O2. The van der Waals surface area contributed by atoms with Crippen LogP contribution in [0.2, 0.25) is 0 Å². The highest BCUT2D eigenvalue weighted by molar-refractivity contribution is 5.95. The summed E-state index contributed by atoms with van der Waals surface area (Å²) in [5.74, 6) is -2.32. The van der Waals surface area contributed by atoms with Gasteiger partial charge in [-0.1, -0.05) is 42.5 Å². The molecule has 4 N–H and O–H groups in total. The van der Waals surface area contributed by atoms with Gasteiger partial charge in [0, 0.05) is 0 Å². The van der Waals surface area contributed by atoms with Crippen molar-refractivity contribution < 1.29 is 22.7 Å². The number of hydrogen-bond donors (Lipinski definition) is 2. The molecule has 5 nitrogen and oxygen atoms in total. The maximum atomic E-state index is 12.4. The van der Waals surface area contributed by atoms with Crippen molar-refractivity contribution >= 4 is 11.9 Å². The second-order valence-electron chi connectivity index (χ2n) is 5.24. The van der Waals surface area contributed by atoms with Crippen LogP contribution >= 0.6 is 0 Å². The first-order valence-electron chi connectivity index (χ1n) is 7.28. The van der Waals surface area contributed by atoms with E-state index in [2.05, 4.69) is 9.73 Å². The molecule has 2 aromatic carbocycles. The number of ether oxygens (including phenoxy) is 1. The second kappa shape index (κ2) is 7.69. The van der Waals surface area contributed by atoms with E-state index in [0.29, 0.717) is 5.56 Å². The molecule has 132 valence electrons. The smallest absolute Gasteiger partial charge is 0.406 e. The van der Waals surface area contributed by atoms with Crippen LogP contribution in [-0.4, -0.2) is 18.2 Å². The van der Waals surface area contributed by atoms with Crippen molar-refractivity contribution in [2.24, 2.45) is 16.5 Å². The molecule has 2 aromatic rings. The summed E-state index contributed by atoms with van der Waals surface area (Å²) in [6, 6.07) is 14.2. The van der Waals surface area contributed by atoms with Crippen molar-refractivity contribution in [3.05, 3.63) is 65.7 Å². The third-order valence-corrected chi connectivity index (χ3v) is 3.31. The Balaban J connectivity index is 2.36. The molecule has 0 aliphatic rings. The maximum absolute atomic E-state index is 12.4. The topological polar surface area (TPSA) is 90.7 Å². The lowest BCUT2D eigenvalue weighted by atomic mass is 9.91. The molecule has 0 heterocycles. The van der Waals surface area contributed by atoms with Crippen LogP contribution in [0.3, 0.4) is 0 Å². The van der Waals surface area contributed by atoms with Crippen molar-refractivity contribution in [1.82, 2.24) is 0 Å². The minimum absolute atomic E-state index is 0.228. The number of halogens is 3. The monoisotopic (exact) mass is 351 g/mol. The predicted molar refractivity (Wildman–Crippen MR) is 86.8 cm³/mol. The number of amides is 1. The molecule has 0 aliphatic carbocycles. The molecule has 0 saturated carbocycles. The maximum Gasteiger partial charge on any atom is 0.573 e. The predicted octanol–water partition coefficient (Wildman–Crippen LogP) is 2.71. The summed E-state index contributed by atoms with van der Waals surface area (Å²) in [4.78, 5) is 15.9. The summed E-state index contributed by atoms with van der Waals surface area (Å²) in [5.41, 5.74) is 11.6. The standard InChI is InChI=1S/C17H16F3N3O2/c18-17(19,20)25-13-8-4-7-12(10-13)14(15(24)23-16(21)22)9-11-5-2-1-3-6-11/h1-8,10,14H,9H2,(H4,21,22,23,24). The molecular weight excluding hydrogens is 335 g/mol. The van der Waals surface area contributed by atoms with Gasteiger partial charge in [0.25, 0.3) is 5.91 Å². The highest BCUT2D eigenvalue weighted by Gasteiger charge is 2.31. The van der Waals surface area contributed by atoms with Crippen LogP contribution in [0.1, 0.15) is 17.0 Å². The highest BCUT2D eigenvalue weighted by atomic mass is 19.4. The van der Waals surface area contributed by atoms with Gasteiger partial charge in [-0.25, -0.2) is 0 Å². The molecule has 0 aliphatic heterocycles. The molecule has 0 bridgehead atoms. The first-order chi connectivity index (χ1) is 11.7. The first-order valence-corrected chi connectivity index (χ1v) is 7.28. The van der Waals surface area contributed by atoms with Crippen LogP contribution in [0.4, 0.5) is 13.2 Å². The molecule has 0 aromatic heterocycles. The summed E-state index contributed by atoms with van der Waals surface area (Å²) in [6.45, 7) is 0. The molecule has 8 heteroatoms. The Hall–Kier alpha value is -3.03. The van der Waals surface area contributed by atoms with Gasteiger partial charge in [-0.15, -0.1) is 13.2 Å². The van der Waals surface area contributed by atoms with Gasteiger partial charge >= 0.3 is 6.36 Å². The summed E-state index contributed by atoms with van der Waals surface area (Å²) in [6.07, 6.45) is -4.59. The Bertz CT molecular complexity index is 757. The largest absolute Gasteiger partial charge is 0.573 e. The second-order valence-corrected chi connectivity index (χ2v) is 5.24. The van der Waals surface area contributed by atoms with E-state index in [1.54, 1.807) is 24.3 Å². The number of nitrogens with two attached hydrogens (primary N) is 2. The Morgan fingerprint density at radius 3 is 2.36 bits per heavy atom. The van der Waals surface area contributed by atoms with E-state index < -0.39 is 29.9 Å². The van der Waals surface area contributed by atoms with Gasteiger partial charge in [0.15, 0.2) is 5.96 Å². The first kappa shape index (κ1) is 18.3. The zero-order chi connectivity index (χ0) is 18.4. The van der Waals surface area contributed by atoms with E-state index >= 15 is 0 Å². The number of carbonyl (C=O) groups excluding carboxylic acids is 1. The summed E-state index contributed by atoms with van der Waals surface area (Å²) in [7, 11) is 0. The van der Waals surface area contributed by atoms with Gasteiger partial charge in [0.05, 0.1) is 5.92 Å². The van der Waals surface area contributed by atoms with Crippen LogP contribution < -0.4 is 16.2 Å². The fraction of sp³-hybridized carbons (Fsp3) is 0.176. The molecule has 25 heavy (non-hydrogen) atoms. The third kappa shape index (κ3) is 5.83. The summed E-state index contributed by atoms with van der Waals surface area (Å²) >= 11 is 0. The van der Waals surface area contributed by atoms with E-state index in [0.717, 1.165) is 17.7 Å². The number of benzene rings is 2. The van der Waals surface area contributed by atoms with Crippen LogP contribution in [0.15, 0.2) is 59.6 Å². The van der Waals surface area contributed by atoms with Crippen molar-refractivity contribution in [2.75, 3.05) is 0 Å². The molecule has 1 amide bonds. The molecule has 0 spiro atoms. The number of hydrogen-bond acceptors (Lipinski definition) is 2. The minimum atomic E-state index is -4.82. The van der Waals surface area contributed by atoms with Crippen LogP contribution in [0.25, 0.3) is 0 Å². The fourth-order valence-electron chi connectivity index (χ4n) is 2.33. The number of alkyl halides is 3. The third-order valence-electron chi connectivity index (χ3n) is 3.31. The van der Waals surface area contributed by atoms with Gasteiger partial charge in [0.2, 0.25) is 0 Å². The number of nitrogens with zero attached hydrogens (tertiary/aromatic N) is 1. The number of aliphatic imine (C=N–C) groups is 1. The van der Waals surface area contributed by atoms with Crippen molar-refractivity contribution in [3.63, 3.8) is 0 Å². The minimum Gasteiger partial charge on any atom is -0.406 e. The molecule has 2 rings (SSSR count). The lowest BCUT2D eigenvalue weighted by molar-refractivity contribution is -0.274. The van der Waals surface area contributed by atoms with E-state index in [4.69, 9.17) is 11.5 Å². The molecule has 0 fully saturated rings. The average Bonchev–Trinajstić information content (AvgIpc) is 2.51. The molecule has 0 radical (unpaired) electrons. The molecule has 1 unspecified atom stereocenters. The van der Waals surface area contributed by atoms with E-state index in [1.807, 2.05) is 6.07 Å². The lowest BCUT2D eigenvalue weighted by Crippen LogP contribution is -2.26. The zero-order valence-electron chi connectivity index (χ0n) is 13.0. The SMILES string of the molecule is NC(N)=NC(=O)C(Cc1ccccc1)c1cccc(OC(F)(F)F)c1. The lowest BCUT2D eigenvalue weighted by Gasteiger charge is -2.16. The summed E-state index contributed by atoms with van der Waals surface area (Å²) in [5, 5.41) is 0. The number of guanidine groups is 1. The average molecular weight is 351 g/mol. The van der Waals surface area contributed by atoms with Crippen molar-refractivity contribution in [1.29, 1.82) is 0 Å². The Morgan fingerprint density at radius 1 is 1.08 bits per heavy atom. The highest BCUT2D eigenvalue weighted by Crippen LogP contribution is 2.29. The Kier molecular flexibility index (Phi) is 5.63. The van der Waals surface area contributed by atoms with Crippen molar-refractivity contribution in [3.8, 4) is 5.75 Å². The van der Waals surface area contributed by atoms with E-state index in [-0.39, 0.29) is 6.42 Å². The fourth-order valence-corrected chi connectivity index (χ4v) is 2.33. The number of carbonyl (C=O) groups is 1. The van der Waals surface area contributed by atoms with Crippen LogP contribution in [0, 0.1) is 0 Å². The Labute approximate surface area is 142 Å². The van der Waals surface area contributed by atoms with Crippen LogP contribution in [-0.2, 0) is 11.2 Å². The molecule has 0 saturated heterocycles. The molecule has 1 atom stereocenters.